The number of benzene rings is 1. The highest BCUT2D eigenvalue weighted by atomic mass is 79.9. The van der Waals surface area contributed by atoms with E-state index in [-0.39, 0.29) is 5.78 Å². The highest BCUT2D eigenvalue weighted by molar-refractivity contribution is 9.11. The van der Waals surface area contributed by atoms with Crippen LogP contribution >= 0.6 is 31.9 Å². The Hall–Kier alpha value is -1.07. The molecule has 3 nitrogen and oxygen atoms in total. The van der Waals surface area contributed by atoms with E-state index in [1.807, 2.05) is 24.3 Å². The Morgan fingerprint density at radius 2 is 2.00 bits per heavy atom. The largest absolute Gasteiger partial charge is 0.496 e. The molecule has 19 heavy (non-hydrogen) atoms. The quantitative estimate of drug-likeness (QED) is 0.768. The van der Waals surface area contributed by atoms with Crippen LogP contribution in [0.25, 0.3) is 11.3 Å². The minimum Gasteiger partial charge on any atom is -0.496 e. The molecule has 0 aliphatic carbocycles. The SMILES string of the molecule is COc1cc(-c2ccc(CC(C)=O)o2)c(Br)cc1Br. The van der Waals surface area contributed by atoms with Crippen LogP contribution in [0, 0.1) is 0 Å². The monoisotopic (exact) mass is 386 g/mol. The van der Waals surface area contributed by atoms with Crippen LogP contribution in [0.4, 0.5) is 0 Å². The number of methoxy groups -OCH3 is 1. The van der Waals surface area contributed by atoms with Gasteiger partial charge in [-0.2, -0.15) is 0 Å². The van der Waals surface area contributed by atoms with Crippen molar-refractivity contribution in [1.82, 2.24) is 0 Å². The summed E-state index contributed by atoms with van der Waals surface area (Å²) in [4.78, 5) is 11.1. The van der Waals surface area contributed by atoms with Gasteiger partial charge in [0.15, 0.2) is 0 Å². The van der Waals surface area contributed by atoms with E-state index < -0.39 is 0 Å². The van der Waals surface area contributed by atoms with Crippen LogP contribution in [0.2, 0.25) is 0 Å². The molecular weight excluding hydrogens is 376 g/mol. The predicted octanol–water partition coefficient (Wildman–Crippen LogP) is 4.61. The smallest absolute Gasteiger partial charge is 0.137 e. The first-order valence-corrected chi connectivity index (χ1v) is 7.21. The van der Waals surface area contributed by atoms with Gasteiger partial charge in [-0.05, 0) is 63.0 Å². The van der Waals surface area contributed by atoms with Crippen molar-refractivity contribution in [1.29, 1.82) is 0 Å². The average molecular weight is 388 g/mol. The van der Waals surface area contributed by atoms with Crippen LogP contribution in [0.5, 0.6) is 5.75 Å². The van der Waals surface area contributed by atoms with Crippen LogP contribution < -0.4 is 4.74 Å². The Morgan fingerprint density at radius 3 is 2.63 bits per heavy atom. The minimum atomic E-state index is 0.0772. The fraction of sp³-hybridized carbons (Fsp3) is 0.214. The van der Waals surface area contributed by atoms with E-state index in [4.69, 9.17) is 9.15 Å². The van der Waals surface area contributed by atoms with Crippen molar-refractivity contribution in [2.45, 2.75) is 13.3 Å². The minimum absolute atomic E-state index is 0.0772. The van der Waals surface area contributed by atoms with Crippen molar-refractivity contribution in [2.75, 3.05) is 7.11 Å². The van der Waals surface area contributed by atoms with Crippen molar-refractivity contribution >= 4 is 37.6 Å². The molecule has 0 aliphatic rings. The number of ether oxygens (including phenoxy) is 1. The summed E-state index contributed by atoms with van der Waals surface area (Å²) in [5, 5.41) is 0. The van der Waals surface area contributed by atoms with Gasteiger partial charge in [-0.1, -0.05) is 0 Å². The van der Waals surface area contributed by atoms with Crippen LogP contribution in [0.1, 0.15) is 12.7 Å². The van der Waals surface area contributed by atoms with E-state index in [0.717, 1.165) is 20.3 Å². The number of hydrogen-bond donors (Lipinski definition) is 0. The van der Waals surface area contributed by atoms with Crippen molar-refractivity contribution < 1.29 is 13.9 Å². The molecule has 5 heteroatoms. The highest BCUT2D eigenvalue weighted by Gasteiger charge is 2.13. The molecule has 0 spiro atoms. The van der Waals surface area contributed by atoms with E-state index in [0.29, 0.717) is 17.9 Å². The molecule has 1 aromatic carbocycles. The van der Waals surface area contributed by atoms with Gasteiger partial charge in [-0.3, -0.25) is 4.79 Å². The second-order valence-corrected chi connectivity index (χ2v) is 5.82. The highest BCUT2D eigenvalue weighted by Crippen LogP contribution is 2.37. The zero-order valence-electron chi connectivity index (χ0n) is 10.5. The first-order chi connectivity index (χ1) is 9.01. The molecule has 0 radical (unpaired) electrons. The van der Waals surface area contributed by atoms with E-state index in [9.17, 15) is 4.79 Å². The molecule has 1 heterocycles. The summed E-state index contributed by atoms with van der Waals surface area (Å²) in [5.41, 5.74) is 0.884. The number of carbonyl (C=O) groups is 1. The maximum atomic E-state index is 11.1. The van der Waals surface area contributed by atoms with Gasteiger partial charge in [-0.15, -0.1) is 0 Å². The lowest BCUT2D eigenvalue weighted by Crippen LogP contribution is -1.93. The van der Waals surface area contributed by atoms with Gasteiger partial charge >= 0.3 is 0 Å². The molecule has 100 valence electrons. The molecule has 0 aliphatic heterocycles. The summed E-state index contributed by atoms with van der Waals surface area (Å²) in [5.74, 6) is 2.17. The molecule has 2 rings (SSSR count). The number of ketones is 1. The molecule has 0 amide bonds. The maximum absolute atomic E-state index is 11.1. The van der Waals surface area contributed by atoms with Gasteiger partial charge in [0, 0.05) is 10.0 Å². The standard InChI is InChI=1S/C14H12Br2O3/c1-8(17)5-9-3-4-13(19-9)10-6-14(18-2)12(16)7-11(10)15/h3-4,6-7H,5H2,1-2H3. The third kappa shape index (κ3) is 3.28. The second kappa shape index (κ2) is 5.92. The first-order valence-electron chi connectivity index (χ1n) is 5.63. The third-order valence-electron chi connectivity index (χ3n) is 2.59. The summed E-state index contributed by atoms with van der Waals surface area (Å²) in [6.07, 6.45) is 0.311. The van der Waals surface area contributed by atoms with Gasteiger partial charge in [0.2, 0.25) is 0 Å². The summed E-state index contributed by atoms with van der Waals surface area (Å²) < 4.78 is 12.7. The summed E-state index contributed by atoms with van der Waals surface area (Å²) in [7, 11) is 1.61. The number of rotatable bonds is 4. The third-order valence-corrected chi connectivity index (χ3v) is 3.87. The Morgan fingerprint density at radius 1 is 1.26 bits per heavy atom. The fourth-order valence-electron chi connectivity index (χ4n) is 1.74. The Kier molecular flexibility index (Phi) is 4.47. The number of hydrogen-bond acceptors (Lipinski definition) is 3. The van der Waals surface area contributed by atoms with Crippen molar-refractivity contribution in [3.05, 3.63) is 39.0 Å². The van der Waals surface area contributed by atoms with E-state index in [2.05, 4.69) is 31.9 Å². The van der Waals surface area contributed by atoms with Crippen LogP contribution in [-0.2, 0) is 11.2 Å². The molecule has 0 atom stereocenters. The summed E-state index contributed by atoms with van der Waals surface area (Å²) in [6, 6.07) is 7.45. The van der Waals surface area contributed by atoms with Gasteiger partial charge in [0.1, 0.15) is 23.1 Å². The molecule has 0 N–H and O–H groups in total. The molecule has 0 unspecified atom stereocenters. The normalized spacial score (nSPS) is 10.5. The fourth-order valence-corrected chi connectivity index (χ4v) is 3.09. The van der Waals surface area contributed by atoms with Crippen LogP contribution in [-0.4, -0.2) is 12.9 Å². The molecule has 0 fully saturated rings. The first kappa shape index (κ1) is 14.3. The summed E-state index contributed by atoms with van der Waals surface area (Å²) in [6.45, 7) is 1.54. The summed E-state index contributed by atoms with van der Waals surface area (Å²) >= 11 is 6.92. The topological polar surface area (TPSA) is 39.4 Å². The van der Waals surface area contributed by atoms with Gasteiger partial charge in [-0.25, -0.2) is 0 Å². The molecular formula is C14H12Br2O3. The predicted molar refractivity (Wildman–Crippen MR) is 80.5 cm³/mol. The van der Waals surface area contributed by atoms with E-state index in [1.165, 1.54) is 0 Å². The van der Waals surface area contributed by atoms with Crippen LogP contribution in [0.15, 0.2) is 37.6 Å². The average Bonchev–Trinajstić information content (AvgIpc) is 2.76. The Bertz CT molecular complexity index is 617. The zero-order valence-corrected chi connectivity index (χ0v) is 13.7. The molecule has 0 saturated heterocycles. The van der Waals surface area contributed by atoms with Gasteiger partial charge in [0.25, 0.3) is 0 Å². The van der Waals surface area contributed by atoms with Gasteiger partial charge < -0.3 is 9.15 Å². The molecule has 1 aromatic heterocycles. The number of Topliss-reactive ketones (excluding diaryl/α,β-unsaturated/α-hetero) is 1. The van der Waals surface area contributed by atoms with Crippen molar-refractivity contribution in [3.63, 3.8) is 0 Å². The molecule has 0 saturated carbocycles. The van der Waals surface area contributed by atoms with Crippen LogP contribution in [0.3, 0.4) is 0 Å². The lowest BCUT2D eigenvalue weighted by Gasteiger charge is -2.07. The van der Waals surface area contributed by atoms with E-state index >= 15 is 0 Å². The van der Waals surface area contributed by atoms with E-state index in [1.54, 1.807) is 14.0 Å². The van der Waals surface area contributed by atoms with Crippen molar-refractivity contribution in [2.24, 2.45) is 0 Å². The van der Waals surface area contributed by atoms with Crippen molar-refractivity contribution in [3.8, 4) is 17.1 Å². The zero-order chi connectivity index (χ0) is 14.0. The number of halogens is 2. The molecule has 0 bridgehead atoms. The Balaban J connectivity index is 2.41. The van der Waals surface area contributed by atoms with Gasteiger partial charge in [0.05, 0.1) is 18.0 Å². The lowest BCUT2D eigenvalue weighted by atomic mass is 10.1. The lowest BCUT2D eigenvalue weighted by molar-refractivity contribution is -0.116. The molecule has 2 aromatic rings. The second-order valence-electron chi connectivity index (χ2n) is 4.11. The Labute approximate surface area is 128 Å². The maximum Gasteiger partial charge on any atom is 0.137 e. The number of carbonyl (C=O) groups excluding carboxylic acids is 1. The number of furan rings is 1.